The molecule has 0 heterocycles. The molecular weight excluding hydrogens is 150 g/mol. The summed E-state index contributed by atoms with van der Waals surface area (Å²) in [4.78, 5) is 0. The van der Waals surface area contributed by atoms with Gasteiger partial charge in [0.25, 0.3) is 0 Å². The van der Waals surface area contributed by atoms with E-state index < -0.39 is 5.92 Å². The van der Waals surface area contributed by atoms with E-state index in [1.54, 1.807) is 6.92 Å². The molecule has 0 bridgehead atoms. The summed E-state index contributed by atoms with van der Waals surface area (Å²) in [5, 5.41) is 8.86. The van der Waals surface area contributed by atoms with Crippen molar-refractivity contribution in [2.45, 2.75) is 44.6 Å². The van der Waals surface area contributed by atoms with Gasteiger partial charge in [0.05, 0.1) is 6.10 Å². The van der Waals surface area contributed by atoms with Gasteiger partial charge in [0.2, 0.25) is 5.92 Å². The summed E-state index contributed by atoms with van der Waals surface area (Å²) in [6, 6.07) is 0. The molecule has 0 aromatic carbocycles. The summed E-state index contributed by atoms with van der Waals surface area (Å²) >= 11 is 0. The molecule has 0 aromatic rings. The van der Waals surface area contributed by atoms with E-state index >= 15 is 0 Å². The zero-order valence-electron chi connectivity index (χ0n) is 6.69. The fourth-order valence-electron chi connectivity index (χ4n) is 1.47. The highest BCUT2D eigenvalue weighted by Crippen LogP contribution is 2.44. The Morgan fingerprint density at radius 3 is 2.45 bits per heavy atom. The zero-order valence-corrected chi connectivity index (χ0v) is 6.69. The van der Waals surface area contributed by atoms with Gasteiger partial charge in [-0.05, 0) is 25.7 Å². The number of hydrogen-bond acceptors (Lipinski definition) is 1. The monoisotopic (exact) mass is 164 g/mol. The van der Waals surface area contributed by atoms with Crippen LogP contribution in [0, 0.1) is 5.92 Å². The average Bonchev–Trinajstić information content (AvgIpc) is 1.78. The molecule has 1 rings (SSSR count). The van der Waals surface area contributed by atoms with Gasteiger partial charge >= 0.3 is 0 Å². The first-order chi connectivity index (χ1) is 4.99. The number of alkyl halides is 2. The lowest BCUT2D eigenvalue weighted by Crippen LogP contribution is -2.35. The van der Waals surface area contributed by atoms with Crippen molar-refractivity contribution in [2.75, 3.05) is 0 Å². The lowest BCUT2D eigenvalue weighted by atomic mass is 9.78. The zero-order chi connectivity index (χ0) is 8.48. The molecule has 1 unspecified atom stereocenters. The minimum Gasteiger partial charge on any atom is -0.393 e. The molecule has 66 valence electrons. The van der Waals surface area contributed by atoms with Crippen LogP contribution >= 0.6 is 0 Å². The Balaban J connectivity index is 2.05. The van der Waals surface area contributed by atoms with Crippen molar-refractivity contribution in [1.29, 1.82) is 0 Å². The fourth-order valence-corrected chi connectivity index (χ4v) is 1.47. The Morgan fingerprint density at radius 1 is 1.55 bits per heavy atom. The van der Waals surface area contributed by atoms with Crippen molar-refractivity contribution in [2.24, 2.45) is 5.92 Å². The van der Waals surface area contributed by atoms with E-state index in [0.717, 1.165) is 6.42 Å². The van der Waals surface area contributed by atoms with E-state index in [9.17, 15) is 8.78 Å². The number of aliphatic hydroxyl groups is 1. The molecule has 1 N–H and O–H groups in total. The van der Waals surface area contributed by atoms with E-state index in [-0.39, 0.29) is 24.9 Å². The summed E-state index contributed by atoms with van der Waals surface area (Å²) in [5.41, 5.74) is 0. The summed E-state index contributed by atoms with van der Waals surface area (Å²) < 4.78 is 24.5. The predicted octanol–water partition coefficient (Wildman–Crippen LogP) is 2.19. The van der Waals surface area contributed by atoms with Crippen molar-refractivity contribution >= 4 is 0 Å². The largest absolute Gasteiger partial charge is 0.393 e. The summed E-state index contributed by atoms with van der Waals surface area (Å²) in [6.45, 7) is 1.69. The second-order valence-electron chi connectivity index (χ2n) is 3.56. The Labute approximate surface area is 65.4 Å². The first-order valence-electron chi connectivity index (χ1n) is 4.05. The SMILES string of the molecule is CC(O)CCC1CC(F)(F)C1. The molecule has 1 nitrogen and oxygen atoms in total. The van der Waals surface area contributed by atoms with Crippen LogP contribution in [0.1, 0.15) is 32.6 Å². The Bertz CT molecular complexity index is 126. The molecule has 0 aliphatic heterocycles. The lowest BCUT2D eigenvalue weighted by Gasteiger charge is -2.35. The second-order valence-corrected chi connectivity index (χ2v) is 3.56. The van der Waals surface area contributed by atoms with Crippen LogP contribution < -0.4 is 0 Å². The molecule has 1 atom stereocenters. The molecule has 11 heavy (non-hydrogen) atoms. The van der Waals surface area contributed by atoms with Gasteiger partial charge in [0.1, 0.15) is 0 Å². The van der Waals surface area contributed by atoms with Crippen molar-refractivity contribution in [1.82, 2.24) is 0 Å². The topological polar surface area (TPSA) is 20.2 Å². The summed E-state index contributed by atoms with van der Waals surface area (Å²) in [6.07, 6.45) is 1.11. The fraction of sp³-hybridized carbons (Fsp3) is 1.00. The maximum atomic E-state index is 12.3. The van der Waals surface area contributed by atoms with Crippen molar-refractivity contribution < 1.29 is 13.9 Å². The molecule has 0 spiro atoms. The Morgan fingerprint density at radius 2 is 2.09 bits per heavy atom. The first-order valence-corrected chi connectivity index (χ1v) is 4.05. The van der Waals surface area contributed by atoms with Crippen LogP contribution in [-0.4, -0.2) is 17.1 Å². The summed E-state index contributed by atoms with van der Waals surface area (Å²) in [7, 11) is 0. The van der Waals surface area contributed by atoms with Crippen LogP contribution in [0.15, 0.2) is 0 Å². The minimum atomic E-state index is -2.40. The van der Waals surface area contributed by atoms with Crippen LogP contribution in [0.5, 0.6) is 0 Å². The summed E-state index contributed by atoms with van der Waals surface area (Å²) in [5.74, 6) is -2.25. The number of halogens is 2. The first kappa shape index (κ1) is 8.91. The highest BCUT2D eigenvalue weighted by molar-refractivity contribution is 4.85. The van der Waals surface area contributed by atoms with E-state index in [1.807, 2.05) is 0 Å². The molecular formula is C8H14F2O. The highest BCUT2D eigenvalue weighted by Gasteiger charge is 2.44. The minimum absolute atomic E-state index is 0.0275. The van der Waals surface area contributed by atoms with Crippen LogP contribution in [0.3, 0.4) is 0 Å². The van der Waals surface area contributed by atoms with Gasteiger partial charge in [-0.1, -0.05) is 0 Å². The normalized spacial score (nSPS) is 26.2. The van der Waals surface area contributed by atoms with Gasteiger partial charge in [-0.2, -0.15) is 0 Å². The third kappa shape index (κ3) is 2.73. The molecule has 0 radical (unpaired) electrons. The van der Waals surface area contributed by atoms with E-state index in [1.165, 1.54) is 0 Å². The molecule has 1 saturated carbocycles. The van der Waals surface area contributed by atoms with Crippen LogP contribution in [0.2, 0.25) is 0 Å². The standard InChI is InChI=1S/C8H14F2O/c1-6(11)2-3-7-4-8(9,10)5-7/h6-7,11H,2-5H2,1H3. The van der Waals surface area contributed by atoms with Crippen molar-refractivity contribution in [3.05, 3.63) is 0 Å². The van der Waals surface area contributed by atoms with E-state index in [2.05, 4.69) is 0 Å². The van der Waals surface area contributed by atoms with Gasteiger partial charge in [0, 0.05) is 12.8 Å². The number of aliphatic hydroxyl groups excluding tert-OH is 1. The predicted molar refractivity (Wildman–Crippen MR) is 38.6 cm³/mol. The van der Waals surface area contributed by atoms with Gasteiger partial charge < -0.3 is 5.11 Å². The van der Waals surface area contributed by atoms with Crippen molar-refractivity contribution in [3.8, 4) is 0 Å². The molecule has 0 aromatic heterocycles. The molecule has 0 amide bonds. The quantitative estimate of drug-likeness (QED) is 0.678. The Kier molecular flexibility index (Phi) is 2.47. The van der Waals surface area contributed by atoms with Crippen LogP contribution in [-0.2, 0) is 0 Å². The van der Waals surface area contributed by atoms with Crippen molar-refractivity contribution in [3.63, 3.8) is 0 Å². The van der Waals surface area contributed by atoms with Crippen LogP contribution in [0.25, 0.3) is 0 Å². The number of hydrogen-bond donors (Lipinski definition) is 1. The molecule has 1 aliphatic rings. The molecule has 1 aliphatic carbocycles. The third-order valence-corrected chi connectivity index (χ3v) is 2.17. The third-order valence-electron chi connectivity index (χ3n) is 2.17. The second kappa shape index (κ2) is 3.05. The highest BCUT2D eigenvalue weighted by atomic mass is 19.3. The average molecular weight is 164 g/mol. The van der Waals surface area contributed by atoms with Crippen LogP contribution in [0.4, 0.5) is 8.78 Å². The van der Waals surface area contributed by atoms with Gasteiger partial charge in [-0.3, -0.25) is 0 Å². The maximum Gasteiger partial charge on any atom is 0.248 e. The smallest absolute Gasteiger partial charge is 0.248 e. The molecule has 1 fully saturated rings. The molecule has 3 heteroatoms. The van der Waals surface area contributed by atoms with Gasteiger partial charge in [-0.25, -0.2) is 8.78 Å². The van der Waals surface area contributed by atoms with Gasteiger partial charge in [-0.15, -0.1) is 0 Å². The lowest BCUT2D eigenvalue weighted by molar-refractivity contribution is -0.113. The maximum absolute atomic E-state index is 12.3. The van der Waals surface area contributed by atoms with E-state index in [4.69, 9.17) is 5.11 Å². The van der Waals surface area contributed by atoms with E-state index in [0.29, 0.717) is 6.42 Å². The Hall–Kier alpha value is -0.180. The molecule has 0 saturated heterocycles. The number of rotatable bonds is 3. The van der Waals surface area contributed by atoms with Gasteiger partial charge in [0.15, 0.2) is 0 Å².